The number of rotatable bonds is 10. The molecule has 10 nitrogen and oxygen atoms in total. The molecule has 3 aromatic carbocycles. The average Bonchev–Trinajstić information content (AvgIpc) is 3.80. The number of carbonyl (C=O) groups is 2. The lowest BCUT2D eigenvalue weighted by Gasteiger charge is -2.23. The van der Waals surface area contributed by atoms with Gasteiger partial charge in [0.1, 0.15) is 17.9 Å². The lowest BCUT2D eigenvalue weighted by molar-refractivity contribution is -0.132. The number of ether oxygens (including phenoxy) is 2. The number of hydrogen-bond acceptors (Lipinski definition) is 10. The zero-order chi connectivity index (χ0) is 33.2. The van der Waals surface area contributed by atoms with Gasteiger partial charge in [0.05, 0.1) is 24.4 Å². The predicted octanol–water partition coefficient (Wildman–Crippen LogP) is 7.00. The van der Waals surface area contributed by atoms with Crippen LogP contribution in [0.1, 0.15) is 34.1 Å². The number of aliphatic hydroxyl groups excluding tert-OH is 1. The van der Waals surface area contributed by atoms with E-state index in [9.17, 15) is 14.7 Å². The number of aliphatic hydroxyl groups is 1. The van der Waals surface area contributed by atoms with Crippen molar-refractivity contribution in [2.45, 2.75) is 29.7 Å². The van der Waals surface area contributed by atoms with Crippen LogP contribution < -0.4 is 14.4 Å². The van der Waals surface area contributed by atoms with Crippen molar-refractivity contribution in [3.05, 3.63) is 137 Å². The number of pyridine rings is 1. The Kier molecular flexibility index (Phi) is 8.66. The molecule has 6 aromatic rings. The number of thioether (sulfide) groups is 1. The summed E-state index contributed by atoms with van der Waals surface area (Å²) in [5.74, 6) is -0.477. The summed E-state index contributed by atoms with van der Waals surface area (Å²) in [6, 6.07) is 29.3. The summed E-state index contributed by atoms with van der Waals surface area (Å²) in [7, 11) is 1.52. The second-order valence-corrected chi connectivity index (χ2v) is 13.1. The molecule has 1 saturated heterocycles. The third-order valence-electron chi connectivity index (χ3n) is 7.92. The number of fused-ring (bicyclic) bond motifs is 1. The first-order chi connectivity index (χ1) is 23.4. The number of benzene rings is 3. The van der Waals surface area contributed by atoms with Gasteiger partial charge in [-0.15, -0.1) is 10.2 Å². The Morgan fingerprint density at radius 3 is 2.40 bits per heavy atom. The fraction of sp³-hybridized carbons (Fsp3) is 0.139. The van der Waals surface area contributed by atoms with Crippen LogP contribution in [0.25, 0.3) is 11.4 Å². The summed E-state index contributed by atoms with van der Waals surface area (Å²) in [6.45, 7) is 2.06. The highest BCUT2D eigenvalue weighted by Gasteiger charge is 2.49. The lowest BCUT2D eigenvalue weighted by Crippen LogP contribution is -2.29. The molecule has 0 bridgehead atoms. The Hall–Kier alpha value is -5.46. The number of hydrogen-bond donors (Lipinski definition) is 1. The van der Waals surface area contributed by atoms with Gasteiger partial charge in [-0.25, -0.2) is 4.98 Å². The van der Waals surface area contributed by atoms with E-state index in [0.29, 0.717) is 50.8 Å². The van der Waals surface area contributed by atoms with Crippen LogP contribution in [0.4, 0.5) is 5.13 Å². The molecule has 240 valence electrons. The Labute approximate surface area is 284 Å². The maximum atomic E-state index is 13.9. The summed E-state index contributed by atoms with van der Waals surface area (Å²) in [5, 5.41) is 20.8. The number of aromatic nitrogens is 4. The van der Waals surface area contributed by atoms with E-state index in [1.54, 1.807) is 47.9 Å². The predicted molar refractivity (Wildman–Crippen MR) is 184 cm³/mol. The van der Waals surface area contributed by atoms with Crippen molar-refractivity contribution in [3.8, 4) is 11.5 Å². The maximum absolute atomic E-state index is 13.9. The van der Waals surface area contributed by atoms with Crippen LogP contribution in [0.3, 0.4) is 0 Å². The molecule has 1 fully saturated rings. The highest BCUT2D eigenvalue weighted by atomic mass is 32.2. The molecule has 12 heteroatoms. The molecule has 0 spiro atoms. The van der Waals surface area contributed by atoms with Gasteiger partial charge in [-0.1, -0.05) is 95.9 Å². The molecule has 1 unspecified atom stereocenters. The summed E-state index contributed by atoms with van der Waals surface area (Å²) >= 11 is 2.69. The van der Waals surface area contributed by atoms with Gasteiger partial charge >= 0.3 is 5.91 Å². The molecule has 48 heavy (non-hydrogen) atoms. The smallest absolute Gasteiger partial charge is 0.301 e. The van der Waals surface area contributed by atoms with E-state index in [-0.39, 0.29) is 16.5 Å². The Morgan fingerprint density at radius 2 is 1.65 bits per heavy atom. The molecule has 1 aliphatic rings. The molecule has 7 rings (SSSR count). The monoisotopic (exact) mass is 675 g/mol. The van der Waals surface area contributed by atoms with Crippen LogP contribution in [0.2, 0.25) is 0 Å². The molecule has 1 aliphatic heterocycles. The third-order valence-corrected chi connectivity index (χ3v) is 10.0. The van der Waals surface area contributed by atoms with Crippen LogP contribution >= 0.6 is 23.1 Å². The second kappa shape index (κ2) is 13.3. The molecule has 1 N–H and O–H groups in total. The Bertz CT molecular complexity index is 2160. The zero-order valence-electron chi connectivity index (χ0n) is 25.9. The van der Waals surface area contributed by atoms with Gasteiger partial charge in [0, 0.05) is 11.9 Å². The molecule has 1 atom stereocenters. The molecule has 0 radical (unpaired) electrons. The maximum Gasteiger partial charge on any atom is 0.301 e. The Morgan fingerprint density at radius 1 is 0.917 bits per heavy atom. The Balaban J connectivity index is 1.31. The van der Waals surface area contributed by atoms with Crippen molar-refractivity contribution >= 4 is 51.3 Å². The molecule has 4 heterocycles. The number of aryl methyl sites for hydroxylation is 1. The van der Waals surface area contributed by atoms with E-state index in [1.165, 1.54) is 35.1 Å². The average molecular weight is 676 g/mol. The molecule has 0 aliphatic carbocycles. The number of imidazole rings is 1. The fourth-order valence-corrected chi connectivity index (χ4v) is 7.48. The van der Waals surface area contributed by atoms with E-state index >= 15 is 0 Å². The van der Waals surface area contributed by atoms with Gasteiger partial charge < -0.3 is 14.6 Å². The number of amides is 1. The first kappa shape index (κ1) is 31.2. The van der Waals surface area contributed by atoms with E-state index in [4.69, 9.17) is 9.47 Å². The van der Waals surface area contributed by atoms with Crippen LogP contribution in [-0.4, -0.2) is 43.5 Å². The number of anilines is 1. The SMILES string of the molecule is COc1cc(C2C(=C(O)c3c(C)nc4ccccn34)C(=O)C(=O)N2c2nnc(SCc3ccccc3)s2)ccc1OCc1ccccc1. The van der Waals surface area contributed by atoms with E-state index < -0.39 is 17.7 Å². The molecular formula is C36H29N5O5S2. The standard InChI is InChI=1S/C36H29N5O5S2/c1-22-30(40-18-10-9-15-28(40)37-22)32(42)29-31(25-16-17-26(27(19-25)45-2)46-20-23-11-5-3-6-12-23)41(34(44)33(29)43)35-38-39-36(48-35)47-21-24-13-7-4-8-14-24/h3-19,31,42H,20-21H2,1-2H3. The number of Topliss-reactive ketones (excluding diaryl/α,β-unsaturated/α-hetero) is 1. The van der Waals surface area contributed by atoms with Gasteiger partial charge in [-0.3, -0.25) is 18.9 Å². The third kappa shape index (κ3) is 5.91. The van der Waals surface area contributed by atoms with Gasteiger partial charge in [-0.05, 0) is 47.9 Å². The summed E-state index contributed by atoms with van der Waals surface area (Å²) in [5.41, 5.74) is 3.93. The molecule has 1 amide bonds. The highest BCUT2D eigenvalue weighted by Crippen LogP contribution is 2.46. The fourth-order valence-electron chi connectivity index (χ4n) is 5.66. The van der Waals surface area contributed by atoms with Gasteiger partial charge in [0.25, 0.3) is 5.78 Å². The topological polar surface area (TPSA) is 119 Å². The van der Waals surface area contributed by atoms with Crippen LogP contribution in [0, 0.1) is 6.92 Å². The van der Waals surface area contributed by atoms with Crippen molar-refractivity contribution in [1.82, 2.24) is 19.6 Å². The van der Waals surface area contributed by atoms with E-state index in [0.717, 1.165) is 11.1 Å². The zero-order valence-corrected chi connectivity index (χ0v) is 27.6. The first-order valence-corrected chi connectivity index (χ1v) is 16.8. The van der Waals surface area contributed by atoms with Crippen LogP contribution in [0.15, 0.2) is 113 Å². The van der Waals surface area contributed by atoms with Crippen molar-refractivity contribution in [2.75, 3.05) is 12.0 Å². The largest absolute Gasteiger partial charge is 0.505 e. The minimum Gasteiger partial charge on any atom is -0.505 e. The van der Waals surface area contributed by atoms with Crippen molar-refractivity contribution in [1.29, 1.82) is 0 Å². The highest BCUT2D eigenvalue weighted by molar-refractivity contribution is 8.00. The molecule has 0 saturated carbocycles. The van der Waals surface area contributed by atoms with E-state index in [2.05, 4.69) is 15.2 Å². The van der Waals surface area contributed by atoms with Crippen molar-refractivity contribution in [3.63, 3.8) is 0 Å². The number of methoxy groups -OCH3 is 1. The lowest BCUT2D eigenvalue weighted by atomic mass is 9.96. The van der Waals surface area contributed by atoms with Gasteiger partial charge in [-0.2, -0.15) is 0 Å². The minimum atomic E-state index is -1.05. The van der Waals surface area contributed by atoms with Crippen LogP contribution in [0.5, 0.6) is 11.5 Å². The summed E-state index contributed by atoms with van der Waals surface area (Å²) in [4.78, 5) is 33.6. The minimum absolute atomic E-state index is 0.0950. The van der Waals surface area contributed by atoms with Gasteiger partial charge in [0.2, 0.25) is 5.13 Å². The number of ketones is 1. The summed E-state index contributed by atoms with van der Waals surface area (Å²) < 4.78 is 14.1. The van der Waals surface area contributed by atoms with Gasteiger partial charge in [0.15, 0.2) is 21.6 Å². The quantitative estimate of drug-likeness (QED) is 0.0538. The molecular weight excluding hydrogens is 647 g/mol. The van der Waals surface area contributed by atoms with Crippen LogP contribution in [-0.2, 0) is 21.9 Å². The number of carbonyl (C=O) groups excluding carboxylic acids is 2. The van der Waals surface area contributed by atoms with Crippen molar-refractivity contribution in [2.24, 2.45) is 0 Å². The number of nitrogens with zero attached hydrogens (tertiary/aromatic N) is 5. The second-order valence-electron chi connectivity index (χ2n) is 11.0. The first-order valence-electron chi connectivity index (χ1n) is 15.0. The molecule has 3 aromatic heterocycles. The van der Waals surface area contributed by atoms with E-state index in [1.807, 2.05) is 66.7 Å². The normalized spacial score (nSPS) is 15.7. The summed E-state index contributed by atoms with van der Waals surface area (Å²) in [6.07, 6.45) is 1.75. The van der Waals surface area contributed by atoms with Crippen molar-refractivity contribution < 1.29 is 24.2 Å².